The molecule has 0 radical (unpaired) electrons. The molecule has 2 unspecified atom stereocenters. The van der Waals surface area contributed by atoms with E-state index in [2.05, 4.69) is 35.4 Å². The lowest BCUT2D eigenvalue weighted by Gasteiger charge is -2.39. The lowest BCUT2D eigenvalue weighted by molar-refractivity contribution is 0.149. The van der Waals surface area contributed by atoms with Gasteiger partial charge < -0.3 is 10.4 Å². The predicted molar refractivity (Wildman–Crippen MR) is 75.1 cm³/mol. The van der Waals surface area contributed by atoms with Crippen LogP contribution >= 0.6 is 11.5 Å². The zero-order chi connectivity index (χ0) is 13.2. The Hall–Kier alpha value is -0.680. The highest BCUT2D eigenvalue weighted by Crippen LogP contribution is 2.35. The maximum absolute atomic E-state index is 9.73. The summed E-state index contributed by atoms with van der Waals surface area (Å²) in [6.07, 6.45) is 4.46. The van der Waals surface area contributed by atoms with E-state index in [1.165, 1.54) is 24.4 Å². The van der Waals surface area contributed by atoms with Gasteiger partial charge in [0.05, 0.1) is 12.1 Å². The zero-order valence-corrected chi connectivity index (χ0v) is 12.3. The molecule has 2 atom stereocenters. The summed E-state index contributed by atoms with van der Waals surface area (Å²) in [5, 5.41) is 14.0. The number of aliphatic hydroxyl groups excluding tert-OH is 1. The molecule has 1 fully saturated rings. The van der Waals surface area contributed by atoms with Gasteiger partial charge in [-0.15, -0.1) is 0 Å². The lowest BCUT2D eigenvalue weighted by Crippen LogP contribution is -2.45. The maximum atomic E-state index is 9.73. The van der Waals surface area contributed by atoms with E-state index in [4.69, 9.17) is 0 Å². The van der Waals surface area contributed by atoms with Crippen molar-refractivity contribution in [1.29, 1.82) is 0 Å². The van der Waals surface area contributed by atoms with Gasteiger partial charge in [0.25, 0.3) is 0 Å². The van der Waals surface area contributed by atoms with Gasteiger partial charge in [0, 0.05) is 17.5 Å². The van der Waals surface area contributed by atoms with Crippen molar-refractivity contribution >= 4 is 16.7 Å². The molecule has 1 aromatic heterocycles. The second-order valence-electron chi connectivity index (χ2n) is 5.88. The van der Waals surface area contributed by atoms with E-state index in [-0.39, 0.29) is 12.1 Å². The lowest BCUT2D eigenvalue weighted by atomic mass is 9.77. The molecule has 2 rings (SSSR count). The summed E-state index contributed by atoms with van der Waals surface area (Å²) in [6.45, 7) is 6.62. The van der Waals surface area contributed by atoms with E-state index >= 15 is 0 Å². The van der Waals surface area contributed by atoms with Gasteiger partial charge in [0.15, 0.2) is 0 Å². The van der Waals surface area contributed by atoms with Crippen LogP contribution in [0.5, 0.6) is 0 Å². The van der Waals surface area contributed by atoms with Gasteiger partial charge in [-0.05, 0) is 18.8 Å². The van der Waals surface area contributed by atoms with E-state index in [1.807, 2.05) is 0 Å². The molecular formula is C13H23N3OS. The highest BCUT2D eigenvalue weighted by molar-refractivity contribution is 7.09. The molecule has 1 aromatic rings. The summed E-state index contributed by atoms with van der Waals surface area (Å²) in [5.41, 5.74) is -0.189. The molecule has 0 spiro atoms. The monoisotopic (exact) mass is 269 g/mol. The van der Waals surface area contributed by atoms with Gasteiger partial charge in [-0.2, -0.15) is 4.37 Å². The third-order valence-electron chi connectivity index (χ3n) is 3.72. The summed E-state index contributed by atoms with van der Waals surface area (Å²) in [7, 11) is 0. The van der Waals surface area contributed by atoms with E-state index in [0.29, 0.717) is 11.8 Å². The molecular weight excluding hydrogens is 246 g/mol. The Morgan fingerprint density at radius 1 is 1.56 bits per heavy atom. The highest BCUT2D eigenvalue weighted by atomic mass is 32.1. The average molecular weight is 269 g/mol. The number of rotatable bonds is 4. The summed E-state index contributed by atoms with van der Waals surface area (Å²) < 4.78 is 4.35. The maximum Gasteiger partial charge on any atom is 0.203 e. The number of nitrogens with zero attached hydrogens (tertiary/aromatic N) is 2. The van der Waals surface area contributed by atoms with Gasteiger partial charge in [-0.3, -0.25) is 0 Å². The summed E-state index contributed by atoms with van der Waals surface area (Å²) in [4.78, 5) is 4.51. The van der Waals surface area contributed by atoms with Crippen molar-refractivity contribution in [2.75, 3.05) is 11.9 Å². The molecule has 0 aliphatic heterocycles. The third-order valence-corrected chi connectivity index (χ3v) is 4.37. The van der Waals surface area contributed by atoms with Crippen LogP contribution in [0.15, 0.2) is 0 Å². The minimum absolute atomic E-state index is 0.175. The van der Waals surface area contributed by atoms with E-state index in [1.54, 1.807) is 0 Å². The standard InChI is InChI=1S/C13H23N3OS/c1-9(2)11-14-12(18-16-11)15-13(8-17)6-4-5-10(3)7-13/h9-10,17H,4-8H2,1-3H3,(H,14,15,16). The van der Waals surface area contributed by atoms with Crippen LogP contribution in [0.2, 0.25) is 0 Å². The SMILES string of the molecule is CC1CCCC(CO)(Nc2nc(C(C)C)ns2)C1. The number of nitrogens with one attached hydrogen (secondary N) is 1. The Balaban J connectivity index is 2.09. The van der Waals surface area contributed by atoms with Crippen molar-refractivity contribution in [3.05, 3.63) is 5.82 Å². The van der Waals surface area contributed by atoms with Gasteiger partial charge in [-0.1, -0.05) is 33.6 Å². The third kappa shape index (κ3) is 3.01. The number of aromatic nitrogens is 2. The highest BCUT2D eigenvalue weighted by Gasteiger charge is 2.35. The topological polar surface area (TPSA) is 58.0 Å². The first kappa shape index (κ1) is 13.7. The fourth-order valence-corrected chi connectivity index (χ4v) is 3.53. The summed E-state index contributed by atoms with van der Waals surface area (Å²) in [5.74, 6) is 1.91. The molecule has 0 amide bonds. The minimum atomic E-state index is -0.189. The van der Waals surface area contributed by atoms with Crippen LogP contribution in [0.1, 0.15) is 58.2 Å². The normalized spacial score (nSPS) is 28.6. The first-order chi connectivity index (χ1) is 8.54. The Bertz CT molecular complexity index is 393. The van der Waals surface area contributed by atoms with Crippen LogP contribution in [-0.4, -0.2) is 26.6 Å². The van der Waals surface area contributed by atoms with Crippen molar-refractivity contribution < 1.29 is 5.11 Å². The molecule has 2 N–H and O–H groups in total. The van der Waals surface area contributed by atoms with Crippen LogP contribution in [0.4, 0.5) is 5.13 Å². The summed E-state index contributed by atoms with van der Waals surface area (Å²) in [6, 6.07) is 0. The molecule has 0 bridgehead atoms. The fraction of sp³-hybridized carbons (Fsp3) is 0.846. The predicted octanol–water partition coefficient (Wildman–Crippen LogP) is 3.01. The molecule has 18 heavy (non-hydrogen) atoms. The van der Waals surface area contributed by atoms with Crippen molar-refractivity contribution in [2.45, 2.75) is 57.9 Å². The molecule has 0 aromatic carbocycles. The zero-order valence-electron chi connectivity index (χ0n) is 11.4. The molecule has 1 aliphatic carbocycles. The van der Waals surface area contributed by atoms with Crippen molar-refractivity contribution in [2.24, 2.45) is 5.92 Å². The van der Waals surface area contributed by atoms with Crippen LogP contribution in [0.3, 0.4) is 0 Å². The van der Waals surface area contributed by atoms with Gasteiger partial charge in [0.1, 0.15) is 5.82 Å². The molecule has 1 saturated carbocycles. The Morgan fingerprint density at radius 2 is 2.33 bits per heavy atom. The van der Waals surface area contributed by atoms with Gasteiger partial charge in [-0.25, -0.2) is 4.98 Å². The number of hydrogen-bond donors (Lipinski definition) is 2. The van der Waals surface area contributed by atoms with Crippen LogP contribution in [0, 0.1) is 5.92 Å². The van der Waals surface area contributed by atoms with Gasteiger partial charge >= 0.3 is 0 Å². The molecule has 102 valence electrons. The fourth-order valence-electron chi connectivity index (χ4n) is 2.70. The molecule has 5 heteroatoms. The second kappa shape index (κ2) is 5.53. The van der Waals surface area contributed by atoms with Crippen LogP contribution in [0.25, 0.3) is 0 Å². The van der Waals surface area contributed by atoms with Crippen LogP contribution < -0.4 is 5.32 Å². The molecule has 4 nitrogen and oxygen atoms in total. The second-order valence-corrected chi connectivity index (χ2v) is 6.63. The Labute approximate surface area is 113 Å². The average Bonchev–Trinajstić information content (AvgIpc) is 2.77. The number of hydrogen-bond acceptors (Lipinski definition) is 5. The smallest absolute Gasteiger partial charge is 0.203 e. The summed E-state index contributed by atoms with van der Waals surface area (Å²) >= 11 is 1.40. The number of anilines is 1. The van der Waals surface area contributed by atoms with Crippen molar-refractivity contribution in [1.82, 2.24) is 9.36 Å². The molecule has 0 saturated heterocycles. The van der Waals surface area contributed by atoms with Crippen molar-refractivity contribution in [3.8, 4) is 0 Å². The van der Waals surface area contributed by atoms with Gasteiger partial charge in [0.2, 0.25) is 5.13 Å². The first-order valence-electron chi connectivity index (χ1n) is 6.77. The molecule has 1 heterocycles. The number of aliphatic hydroxyl groups is 1. The minimum Gasteiger partial charge on any atom is -0.394 e. The van der Waals surface area contributed by atoms with E-state index < -0.39 is 0 Å². The van der Waals surface area contributed by atoms with E-state index in [9.17, 15) is 5.11 Å². The van der Waals surface area contributed by atoms with Crippen LogP contribution in [-0.2, 0) is 0 Å². The first-order valence-corrected chi connectivity index (χ1v) is 7.55. The largest absolute Gasteiger partial charge is 0.394 e. The quantitative estimate of drug-likeness (QED) is 0.882. The molecule has 1 aliphatic rings. The Kier molecular flexibility index (Phi) is 4.22. The van der Waals surface area contributed by atoms with Crippen molar-refractivity contribution in [3.63, 3.8) is 0 Å². The van der Waals surface area contributed by atoms with E-state index in [0.717, 1.165) is 23.8 Å². The Morgan fingerprint density at radius 3 is 2.89 bits per heavy atom.